The summed E-state index contributed by atoms with van der Waals surface area (Å²) in [6.07, 6.45) is 5.39. The molecule has 2 nitrogen and oxygen atoms in total. The highest BCUT2D eigenvalue weighted by Gasteiger charge is 2.19. The van der Waals surface area contributed by atoms with E-state index in [-0.39, 0.29) is 0 Å². The fourth-order valence-electron chi connectivity index (χ4n) is 2.78. The first kappa shape index (κ1) is 11.0. The molecule has 1 aromatic heterocycles. The Hall–Kier alpha value is -1.09. The van der Waals surface area contributed by atoms with Crippen molar-refractivity contribution in [2.24, 2.45) is 0 Å². The number of hydrogen-bond donors (Lipinski definition) is 0. The van der Waals surface area contributed by atoms with E-state index < -0.39 is 0 Å². The topological polar surface area (TPSA) is 22.1 Å². The molecule has 1 aliphatic carbocycles. The van der Waals surface area contributed by atoms with Crippen molar-refractivity contribution in [3.8, 4) is 5.75 Å². The van der Waals surface area contributed by atoms with E-state index in [0.29, 0.717) is 0 Å². The van der Waals surface area contributed by atoms with Crippen LogP contribution >= 0.6 is 11.3 Å². The normalized spacial score (nSPS) is 16.8. The Kier molecular flexibility index (Phi) is 2.79. The summed E-state index contributed by atoms with van der Waals surface area (Å²) in [4.78, 5) is 4.55. The highest BCUT2D eigenvalue weighted by molar-refractivity contribution is 7.18. The molecular formula is C14H17NOS. The van der Waals surface area contributed by atoms with Crippen LogP contribution in [-0.4, -0.2) is 12.1 Å². The van der Waals surface area contributed by atoms with Gasteiger partial charge < -0.3 is 4.74 Å². The number of hydrogen-bond acceptors (Lipinski definition) is 3. The number of rotatable bonds is 2. The van der Waals surface area contributed by atoms with E-state index in [4.69, 9.17) is 4.74 Å². The standard InChI is InChI=1S/C14H17NOS/c1-9-15-14-12(16-2)7-11(8-13(14)17-9)10-5-3-4-6-10/h7-8,10H,3-6H2,1-2H3. The summed E-state index contributed by atoms with van der Waals surface area (Å²) in [7, 11) is 1.74. The van der Waals surface area contributed by atoms with Gasteiger partial charge in [-0.15, -0.1) is 11.3 Å². The highest BCUT2D eigenvalue weighted by Crippen LogP contribution is 2.39. The second kappa shape index (κ2) is 4.30. The number of aryl methyl sites for hydroxylation is 1. The zero-order chi connectivity index (χ0) is 11.8. The second-order valence-electron chi connectivity index (χ2n) is 4.78. The number of methoxy groups -OCH3 is 1. The molecule has 0 bridgehead atoms. The first-order valence-corrected chi connectivity index (χ1v) is 7.04. The summed E-state index contributed by atoms with van der Waals surface area (Å²) >= 11 is 1.76. The summed E-state index contributed by atoms with van der Waals surface area (Å²) in [5.74, 6) is 1.67. The molecule has 0 spiro atoms. The lowest BCUT2D eigenvalue weighted by molar-refractivity contribution is 0.418. The quantitative estimate of drug-likeness (QED) is 0.790. The maximum absolute atomic E-state index is 5.49. The Bertz CT molecular complexity index is 540. The van der Waals surface area contributed by atoms with Crippen LogP contribution in [0, 0.1) is 6.92 Å². The molecule has 17 heavy (non-hydrogen) atoms. The molecule has 1 fully saturated rings. The van der Waals surface area contributed by atoms with Crippen molar-refractivity contribution in [1.29, 1.82) is 0 Å². The molecule has 0 N–H and O–H groups in total. The van der Waals surface area contributed by atoms with E-state index in [0.717, 1.165) is 22.2 Å². The van der Waals surface area contributed by atoms with Crippen LogP contribution < -0.4 is 4.74 Å². The van der Waals surface area contributed by atoms with Gasteiger partial charge in [0.25, 0.3) is 0 Å². The number of thiazole rings is 1. The molecule has 3 heteroatoms. The zero-order valence-corrected chi connectivity index (χ0v) is 11.1. The minimum absolute atomic E-state index is 0.732. The third-order valence-electron chi connectivity index (χ3n) is 3.64. The fourth-order valence-corrected chi connectivity index (χ4v) is 3.67. The summed E-state index contributed by atoms with van der Waals surface area (Å²) < 4.78 is 6.75. The summed E-state index contributed by atoms with van der Waals surface area (Å²) in [5.41, 5.74) is 2.47. The van der Waals surface area contributed by atoms with E-state index in [1.165, 1.54) is 35.9 Å². The SMILES string of the molecule is COc1cc(C2CCCC2)cc2sc(C)nc12. The van der Waals surface area contributed by atoms with Crippen molar-refractivity contribution in [3.63, 3.8) is 0 Å². The Morgan fingerprint density at radius 2 is 2.06 bits per heavy atom. The van der Waals surface area contributed by atoms with Gasteiger partial charge in [0.2, 0.25) is 0 Å². The predicted molar refractivity (Wildman–Crippen MR) is 72.1 cm³/mol. The molecule has 90 valence electrons. The average molecular weight is 247 g/mol. The van der Waals surface area contributed by atoms with Crippen LogP contribution in [0.15, 0.2) is 12.1 Å². The van der Waals surface area contributed by atoms with E-state index in [9.17, 15) is 0 Å². The van der Waals surface area contributed by atoms with Gasteiger partial charge >= 0.3 is 0 Å². The minimum Gasteiger partial charge on any atom is -0.494 e. The maximum Gasteiger partial charge on any atom is 0.146 e. The van der Waals surface area contributed by atoms with Crippen LogP contribution in [0.5, 0.6) is 5.75 Å². The first-order chi connectivity index (χ1) is 8.28. The molecule has 3 rings (SSSR count). The van der Waals surface area contributed by atoms with Crippen LogP contribution in [0.25, 0.3) is 10.2 Å². The predicted octanol–water partition coefficient (Wildman–Crippen LogP) is 4.27. The van der Waals surface area contributed by atoms with Gasteiger partial charge in [0.15, 0.2) is 0 Å². The molecule has 0 saturated heterocycles. The molecule has 0 aliphatic heterocycles. The maximum atomic E-state index is 5.49. The van der Waals surface area contributed by atoms with E-state index in [1.807, 2.05) is 0 Å². The van der Waals surface area contributed by atoms with Gasteiger partial charge in [-0.1, -0.05) is 12.8 Å². The van der Waals surface area contributed by atoms with Crippen LogP contribution in [0.1, 0.15) is 42.2 Å². The Labute approximate surface area is 106 Å². The second-order valence-corrected chi connectivity index (χ2v) is 6.02. The average Bonchev–Trinajstić information content (AvgIpc) is 2.94. The van der Waals surface area contributed by atoms with Gasteiger partial charge in [0.05, 0.1) is 16.8 Å². The number of ether oxygens (including phenoxy) is 1. The number of aromatic nitrogens is 1. The summed E-state index contributed by atoms with van der Waals surface area (Å²) in [5, 5.41) is 1.11. The molecule has 1 saturated carbocycles. The summed E-state index contributed by atoms with van der Waals surface area (Å²) in [6, 6.07) is 4.51. The third-order valence-corrected chi connectivity index (χ3v) is 4.55. The first-order valence-electron chi connectivity index (χ1n) is 6.23. The Balaban J connectivity index is 2.13. The van der Waals surface area contributed by atoms with Gasteiger partial charge in [0.1, 0.15) is 11.3 Å². The highest BCUT2D eigenvalue weighted by atomic mass is 32.1. The number of fused-ring (bicyclic) bond motifs is 1. The van der Waals surface area contributed by atoms with Gasteiger partial charge in [-0.05, 0) is 43.4 Å². The minimum atomic E-state index is 0.732. The van der Waals surface area contributed by atoms with Gasteiger partial charge in [-0.3, -0.25) is 0 Å². The van der Waals surface area contributed by atoms with E-state index in [2.05, 4.69) is 24.0 Å². The van der Waals surface area contributed by atoms with Crippen LogP contribution in [-0.2, 0) is 0 Å². The molecule has 0 radical (unpaired) electrons. The largest absolute Gasteiger partial charge is 0.494 e. The number of benzene rings is 1. The molecule has 1 aliphatic rings. The molecule has 0 unspecified atom stereocenters. The smallest absolute Gasteiger partial charge is 0.146 e. The lowest BCUT2D eigenvalue weighted by Gasteiger charge is -2.11. The lowest BCUT2D eigenvalue weighted by atomic mass is 9.97. The van der Waals surface area contributed by atoms with Crippen molar-refractivity contribution < 1.29 is 4.74 Å². The third kappa shape index (κ3) is 1.93. The molecule has 1 aromatic carbocycles. The van der Waals surface area contributed by atoms with Crippen LogP contribution in [0.4, 0.5) is 0 Å². The van der Waals surface area contributed by atoms with E-state index in [1.54, 1.807) is 18.4 Å². The van der Waals surface area contributed by atoms with Gasteiger partial charge in [-0.25, -0.2) is 4.98 Å². The molecule has 0 amide bonds. The molecule has 2 aromatic rings. The van der Waals surface area contributed by atoms with Crippen molar-refractivity contribution in [2.75, 3.05) is 7.11 Å². The molecule has 1 heterocycles. The number of nitrogens with zero attached hydrogens (tertiary/aromatic N) is 1. The van der Waals surface area contributed by atoms with Crippen LogP contribution in [0.2, 0.25) is 0 Å². The lowest BCUT2D eigenvalue weighted by Crippen LogP contribution is -1.94. The fraction of sp³-hybridized carbons (Fsp3) is 0.500. The van der Waals surface area contributed by atoms with Crippen molar-refractivity contribution in [3.05, 3.63) is 22.7 Å². The van der Waals surface area contributed by atoms with Gasteiger partial charge in [0, 0.05) is 0 Å². The Morgan fingerprint density at radius 1 is 1.29 bits per heavy atom. The van der Waals surface area contributed by atoms with Crippen molar-refractivity contribution in [2.45, 2.75) is 38.5 Å². The molecule has 0 atom stereocenters. The van der Waals surface area contributed by atoms with Crippen LogP contribution in [0.3, 0.4) is 0 Å². The zero-order valence-electron chi connectivity index (χ0n) is 10.3. The van der Waals surface area contributed by atoms with E-state index >= 15 is 0 Å². The van der Waals surface area contributed by atoms with Crippen molar-refractivity contribution >= 4 is 21.6 Å². The van der Waals surface area contributed by atoms with Gasteiger partial charge in [-0.2, -0.15) is 0 Å². The molecular weight excluding hydrogens is 230 g/mol. The van der Waals surface area contributed by atoms with Crippen molar-refractivity contribution in [1.82, 2.24) is 4.98 Å². The summed E-state index contributed by atoms with van der Waals surface area (Å²) in [6.45, 7) is 2.05. The Morgan fingerprint density at radius 3 is 2.76 bits per heavy atom. The monoisotopic (exact) mass is 247 g/mol.